The van der Waals surface area contributed by atoms with Gasteiger partial charge in [0.25, 0.3) is 11.8 Å². The molecular formula is C24H25NO6. The van der Waals surface area contributed by atoms with Gasteiger partial charge in [-0.2, -0.15) is 0 Å². The van der Waals surface area contributed by atoms with Gasteiger partial charge in [-0.05, 0) is 56.2 Å². The quantitative estimate of drug-likeness (QED) is 0.367. The Morgan fingerprint density at radius 3 is 1.94 bits per heavy atom. The highest BCUT2D eigenvalue weighted by atomic mass is 16.5. The maximum atomic E-state index is 13.0. The molecule has 0 spiro atoms. The number of esters is 1. The molecule has 0 N–H and O–H groups in total. The Labute approximate surface area is 180 Å². The average Bonchev–Trinajstić information content (AvgIpc) is 2.99. The molecule has 2 amide bonds. The van der Waals surface area contributed by atoms with Crippen molar-refractivity contribution in [3.8, 4) is 5.75 Å². The number of ketones is 1. The van der Waals surface area contributed by atoms with Crippen molar-refractivity contribution in [1.29, 1.82) is 0 Å². The van der Waals surface area contributed by atoms with E-state index in [-0.39, 0.29) is 16.9 Å². The molecule has 0 bridgehead atoms. The molecule has 2 atom stereocenters. The van der Waals surface area contributed by atoms with E-state index in [4.69, 9.17) is 9.47 Å². The first-order chi connectivity index (χ1) is 14.8. The van der Waals surface area contributed by atoms with Crippen molar-refractivity contribution in [3.05, 3.63) is 65.2 Å². The van der Waals surface area contributed by atoms with E-state index in [0.717, 1.165) is 4.90 Å². The van der Waals surface area contributed by atoms with E-state index in [9.17, 15) is 19.2 Å². The molecule has 1 heterocycles. The second-order valence-corrected chi connectivity index (χ2v) is 7.62. The number of amides is 2. The van der Waals surface area contributed by atoms with Crippen LogP contribution in [0.2, 0.25) is 0 Å². The third-order valence-corrected chi connectivity index (χ3v) is 5.09. The van der Waals surface area contributed by atoms with Gasteiger partial charge < -0.3 is 9.47 Å². The number of fused-ring (bicyclic) bond motifs is 1. The van der Waals surface area contributed by atoms with Gasteiger partial charge in [-0.3, -0.25) is 19.3 Å². The molecule has 0 radical (unpaired) electrons. The number of Topliss-reactive ketones (excluding diaryl/α,β-unsaturated/α-hetero) is 1. The van der Waals surface area contributed by atoms with Gasteiger partial charge in [0, 0.05) is 5.56 Å². The predicted molar refractivity (Wildman–Crippen MR) is 113 cm³/mol. The molecule has 0 aromatic heterocycles. The molecule has 0 aliphatic carbocycles. The second-order valence-electron chi connectivity index (χ2n) is 7.62. The lowest BCUT2D eigenvalue weighted by molar-refractivity contribution is -0.152. The minimum Gasteiger partial charge on any atom is -0.494 e. The van der Waals surface area contributed by atoms with E-state index in [1.54, 1.807) is 62.4 Å². The van der Waals surface area contributed by atoms with Crippen LogP contribution in [0.1, 0.15) is 58.8 Å². The van der Waals surface area contributed by atoms with Crippen molar-refractivity contribution in [3.63, 3.8) is 0 Å². The van der Waals surface area contributed by atoms with Crippen molar-refractivity contribution >= 4 is 23.6 Å². The molecule has 7 heteroatoms. The number of hydrogen-bond donors (Lipinski definition) is 0. The summed E-state index contributed by atoms with van der Waals surface area (Å²) in [6.45, 7) is 7.27. The Balaban J connectivity index is 1.76. The van der Waals surface area contributed by atoms with Gasteiger partial charge in [0.2, 0.25) is 5.78 Å². The maximum Gasteiger partial charge on any atom is 0.330 e. The first kappa shape index (κ1) is 22.2. The molecule has 31 heavy (non-hydrogen) atoms. The van der Waals surface area contributed by atoms with Crippen LogP contribution in [0, 0.1) is 5.92 Å². The predicted octanol–water partition coefficient (Wildman–Crippen LogP) is 3.52. The van der Waals surface area contributed by atoms with Gasteiger partial charge in [0.1, 0.15) is 11.8 Å². The van der Waals surface area contributed by atoms with E-state index in [0.29, 0.717) is 17.9 Å². The number of ether oxygens (including phenoxy) is 2. The highest BCUT2D eigenvalue weighted by Gasteiger charge is 2.45. The van der Waals surface area contributed by atoms with Gasteiger partial charge in [-0.25, -0.2) is 4.79 Å². The number of imide groups is 1. The van der Waals surface area contributed by atoms with Crippen LogP contribution in [-0.2, 0) is 9.53 Å². The topological polar surface area (TPSA) is 90.0 Å². The molecule has 0 saturated heterocycles. The van der Waals surface area contributed by atoms with Crippen LogP contribution < -0.4 is 4.74 Å². The van der Waals surface area contributed by atoms with Crippen LogP contribution in [0.25, 0.3) is 0 Å². The van der Waals surface area contributed by atoms with Gasteiger partial charge in [-0.15, -0.1) is 0 Å². The summed E-state index contributed by atoms with van der Waals surface area (Å²) >= 11 is 0. The highest BCUT2D eigenvalue weighted by Crippen LogP contribution is 2.28. The van der Waals surface area contributed by atoms with Crippen molar-refractivity contribution < 1.29 is 28.7 Å². The minimum atomic E-state index is -1.14. The molecule has 0 unspecified atom stereocenters. The van der Waals surface area contributed by atoms with Crippen LogP contribution in [0.4, 0.5) is 0 Å². The fraction of sp³-hybridized carbons (Fsp3) is 0.333. The molecule has 0 saturated carbocycles. The first-order valence-corrected chi connectivity index (χ1v) is 10.2. The number of nitrogens with zero attached hydrogens (tertiary/aromatic N) is 1. The maximum absolute atomic E-state index is 13.0. The van der Waals surface area contributed by atoms with E-state index in [2.05, 4.69) is 0 Å². The average molecular weight is 423 g/mol. The Kier molecular flexibility index (Phi) is 6.53. The van der Waals surface area contributed by atoms with E-state index >= 15 is 0 Å². The third kappa shape index (κ3) is 4.35. The molecule has 162 valence electrons. The largest absolute Gasteiger partial charge is 0.494 e. The Hall–Kier alpha value is -3.48. The molecule has 2 aromatic rings. The summed E-state index contributed by atoms with van der Waals surface area (Å²) in [6.07, 6.45) is -1.08. The Bertz CT molecular complexity index is 976. The van der Waals surface area contributed by atoms with Crippen molar-refractivity contribution in [1.82, 2.24) is 4.90 Å². The summed E-state index contributed by atoms with van der Waals surface area (Å²) in [7, 11) is 0. The van der Waals surface area contributed by atoms with Gasteiger partial charge in [0.15, 0.2) is 6.10 Å². The third-order valence-electron chi connectivity index (χ3n) is 5.09. The first-order valence-electron chi connectivity index (χ1n) is 10.2. The minimum absolute atomic E-state index is 0.254. The lowest BCUT2D eigenvalue weighted by Gasteiger charge is -2.28. The van der Waals surface area contributed by atoms with E-state index in [1.807, 2.05) is 6.92 Å². The van der Waals surface area contributed by atoms with E-state index in [1.165, 1.54) is 6.92 Å². The summed E-state index contributed by atoms with van der Waals surface area (Å²) in [4.78, 5) is 52.2. The molecule has 7 nitrogen and oxygen atoms in total. The van der Waals surface area contributed by atoms with Crippen LogP contribution >= 0.6 is 0 Å². The monoisotopic (exact) mass is 423 g/mol. The normalized spacial score (nSPS) is 14.9. The number of rotatable bonds is 8. The standard InChI is InChI=1S/C24H25NO6/c1-5-30-17-12-10-16(11-13-17)21(26)15(4)31-24(29)20(14(2)3)25-22(27)18-8-6-7-9-19(18)23(25)28/h6-15,20H,5H2,1-4H3/t15-,20+/m0/s1. The summed E-state index contributed by atoms with van der Waals surface area (Å²) in [6, 6.07) is 11.8. The molecule has 0 fully saturated rings. The zero-order valence-electron chi connectivity index (χ0n) is 18.0. The van der Waals surface area contributed by atoms with Gasteiger partial charge in [-0.1, -0.05) is 26.0 Å². The fourth-order valence-corrected chi connectivity index (χ4v) is 3.55. The second kappa shape index (κ2) is 9.12. The Morgan fingerprint density at radius 1 is 0.903 bits per heavy atom. The van der Waals surface area contributed by atoms with Crippen molar-refractivity contribution in [2.45, 2.75) is 39.8 Å². The lowest BCUT2D eigenvalue weighted by Crippen LogP contribution is -2.49. The van der Waals surface area contributed by atoms with Crippen LogP contribution in [0.3, 0.4) is 0 Å². The summed E-state index contributed by atoms with van der Waals surface area (Å²) in [5, 5.41) is 0. The zero-order chi connectivity index (χ0) is 22.7. The summed E-state index contributed by atoms with van der Waals surface area (Å²) < 4.78 is 10.8. The number of carbonyl (C=O) groups is 4. The molecule has 3 rings (SSSR count). The van der Waals surface area contributed by atoms with Crippen molar-refractivity contribution in [2.75, 3.05) is 6.61 Å². The number of benzene rings is 2. The fourth-order valence-electron chi connectivity index (χ4n) is 3.55. The smallest absolute Gasteiger partial charge is 0.330 e. The zero-order valence-corrected chi connectivity index (χ0v) is 18.0. The lowest BCUT2D eigenvalue weighted by atomic mass is 10.0. The summed E-state index contributed by atoms with van der Waals surface area (Å²) in [5.41, 5.74) is 0.875. The molecule has 2 aromatic carbocycles. The van der Waals surface area contributed by atoms with Gasteiger partial charge in [0.05, 0.1) is 17.7 Å². The molecule has 1 aliphatic heterocycles. The number of hydrogen-bond acceptors (Lipinski definition) is 6. The summed E-state index contributed by atoms with van der Waals surface area (Å²) in [5.74, 6) is -2.03. The van der Waals surface area contributed by atoms with Crippen LogP contribution in [0.15, 0.2) is 48.5 Å². The molecule has 1 aliphatic rings. The number of carbonyl (C=O) groups excluding carboxylic acids is 4. The SMILES string of the molecule is CCOc1ccc(C(=O)[C@H](C)OC(=O)[C@@H](C(C)C)N2C(=O)c3ccccc3C2=O)cc1. The van der Waals surface area contributed by atoms with E-state index < -0.39 is 35.8 Å². The van der Waals surface area contributed by atoms with Crippen molar-refractivity contribution in [2.24, 2.45) is 5.92 Å². The van der Waals surface area contributed by atoms with Gasteiger partial charge >= 0.3 is 5.97 Å². The highest BCUT2D eigenvalue weighted by molar-refractivity contribution is 6.22. The van der Waals surface area contributed by atoms with Crippen LogP contribution in [-0.4, -0.2) is 47.2 Å². The molecular weight excluding hydrogens is 398 g/mol. The Morgan fingerprint density at radius 2 is 1.45 bits per heavy atom. The van der Waals surface area contributed by atoms with Crippen LogP contribution in [0.5, 0.6) is 5.75 Å².